The normalized spacial score (nSPS) is 17.6. The van der Waals surface area contributed by atoms with Gasteiger partial charge in [-0.15, -0.1) is 0 Å². The number of amides is 2. The zero-order valence-electron chi connectivity index (χ0n) is 19.0. The van der Waals surface area contributed by atoms with Crippen LogP contribution in [0.3, 0.4) is 0 Å². The number of carbonyl (C=O) groups is 1. The number of hydrogen-bond acceptors (Lipinski definition) is 4. The van der Waals surface area contributed by atoms with Crippen LogP contribution in [-0.4, -0.2) is 37.9 Å². The van der Waals surface area contributed by atoms with E-state index < -0.39 is 10.0 Å². The number of urea groups is 1. The molecule has 7 nitrogen and oxygen atoms in total. The lowest BCUT2D eigenvalue weighted by Crippen LogP contribution is -2.35. The van der Waals surface area contributed by atoms with Crippen LogP contribution < -0.4 is 15.4 Å². The number of ether oxygens (including phenoxy) is 1. The molecule has 0 unspecified atom stereocenters. The van der Waals surface area contributed by atoms with Crippen molar-refractivity contribution in [3.8, 4) is 5.75 Å². The molecule has 0 aromatic heterocycles. The Balaban J connectivity index is 1.21. The van der Waals surface area contributed by atoms with Gasteiger partial charge in [-0.25, -0.2) is 13.2 Å². The van der Waals surface area contributed by atoms with E-state index in [1.165, 1.54) is 12.8 Å². The zero-order chi connectivity index (χ0) is 23.1. The second-order valence-electron chi connectivity index (χ2n) is 8.81. The first-order chi connectivity index (χ1) is 16.0. The van der Waals surface area contributed by atoms with Crippen LogP contribution in [0, 0.1) is 0 Å². The summed E-state index contributed by atoms with van der Waals surface area (Å²) in [6, 6.07) is 14.3. The first kappa shape index (κ1) is 23.6. The summed E-state index contributed by atoms with van der Waals surface area (Å²) in [6.07, 6.45) is 7.97. The molecule has 2 aliphatic rings. The summed E-state index contributed by atoms with van der Waals surface area (Å²) in [5, 5.41) is 5.66. The number of piperidine rings is 1. The highest BCUT2D eigenvalue weighted by molar-refractivity contribution is 7.89. The second-order valence-corrected chi connectivity index (χ2v) is 10.8. The molecule has 8 heteroatoms. The van der Waals surface area contributed by atoms with Crippen molar-refractivity contribution in [2.24, 2.45) is 0 Å². The van der Waals surface area contributed by atoms with E-state index in [2.05, 4.69) is 10.6 Å². The van der Waals surface area contributed by atoms with Gasteiger partial charge in [0.2, 0.25) is 10.0 Å². The fraction of sp³-hybridized carbons (Fsp3) is 0.480. The molecule has 178 valence electrons. The predicted molar refractivity (Wildman–Crippen MR) is 127 cm³/mol. The van der Waals surface area contributed by atoms with Crippen molar-refractivity contribution in [3.05, 3.63) is 59.7 Å². The summed E-state index contributed by atoms with van der Waals surface area (Å²) >= 11 is 0. The standard InChI is InChI=1S/C25H33N3O4S/c29-25(26-18-20-8-12-23(13-9-20)32-22-6-2-3-7-22)27-19-21-10-14-24(15-11-21)33(30,31)28-16-4-1-5-17-28/h8-15,22H,1-7,16-19H2,(H2,26,27,29). The highest BCUT2D eigenvalue weighted by Gasteiger charge is 2.25. The molecular weight excluding hydrogens is 438 g/mol. The lowest BCUT2D eigenvalue weighted by molar-refractivity contribution is 0.210. The Labute approximate surface area is 196 Å². The fourth-order valence-electron chi connectivity index (χ4n) is 4.35. The van der Waals surface area contributed by atoms with Crippen molar-refractivity contribution in [2.45, 2.75) is 69.0 Å². The van der Waals surface area contributed by atoms with Gasteiger partial charge in [-0.05, 0) is 73.9 Å². The van der Waals surface area contributed by atoms with E-state index in [1.807, 2.05) is 24.3 Å². The molecule has 2 N–H and O–H groups in total. The third-order valence-electron chi connectivity index (χ3n) is 6.31. The molecule has 0 spiro atoms. The number of carbonyl (C=O) groups excluding carboxylic acids is 1. The van der Waals surface area contributed by atoms with E-state index in [0.717, 1.165) is 49.0 Å². The highest BCUT2D eigenvalue weighted by Crippen LogP contribution is 2.24. The Hall–Kier alpha value is -2.58. The number of benzene rings is 2. The monoisotopic (exact) mass is 471 g/mol. The predicted octanol–water partition coefficient (Wildman–Crippen LogP) is 4.18. The van der Waals surface area contributed by atoms with E-state index in [-0.39, 0.29) is 6.03 Å². The second kappa shape index (κ2) is 11.0. The van der Waals surface area contributed by atoms with E-state index in [1.54, 1.807) is 28.6 Å². The van der Waals surface area contributed by atoms with Crippen molar-refractivity contribution >= 4 is 16.1 Å². The van der Waals surface area contributed by atoms with Gasteiger partial charge in [0.1, 0.15) is 5.75 Å². The molecule has 2 amide bonds. The van der Waals surface area contributed by atoms with Crippen LogP contribution in [0.15, 0.2) is 53.4 Å². The average Bonchev–Trinajstić information content (AvgIpc) is 3.36. The first-order valence-corrected chi connectivity index (χ1v) is 13.3. The minimum Gasteiger partial charge on any atom is -0.490 e. The van der Waals surface area contributed by atoms with Gasteiger partial charge >= 0.3 is 6.03 Å². The Morgan fingerprint density at radius 2 is 1.36 bits per heavy atom. The summed E-state index contributed by atoms with van der Waals surface area (Å²) in [4.78, 5) is 12.5. The molecule has 2 aromatic carbocycles. The molecule has 1 heterocycles. The van der Waals surface area contributed by atoms with E-state index in [9.17, 15) is 13.2 Å². The van der Waals surface area contributed by atoms with Gasteiger partial charge in [-0.2, -0.15) is 4.31 Å². The summed E-state index contributed by atoms with van der Waals surface area (Å²) < 4.78 is 33.0. The smallest absolute Gasteiger partial charge is 0.315 e. The molecule has 2 fully saturated rings. The van der Waals surface area contributed by atoms with Gasteiger partial charge in [0.05, 0.1) is 11.0 Å². The number of nitrogens with one attached hydrogen (secondary N) is 2. The van der Waals surface area contributed by atoms with Gasteiger partial charge in [0.25, 0.3) is 0 Å². The van der Waals surface area contributed by atoms with Crippen molar-refractivity contribution in [3.63, 3.8) is 0 Å². The quantitative estimate of drug-likeness (QED) is 0.605. The summed E-state index contributed by atoms with van der Waals surface area (Å²) in [5.41, 5.74) is 1.84. The summed E-state index contributed by atoms with van der Waals surface area (Å²) in [5.74, 6) is 0.876. The number of hydrogen-bond donors (Lipinski definition) is 2. The van der Waals surface area contributed by atoms with Crippen LogP contribution in [-0.2, 0) is 23.1 Å². The van der Waals surface area contributed by atoms with Gasteiger partial charge in [-0.1, -0.05) is 30.7 Å². The molecule has 1 saturated heterocycles. The molecule has 1 saturated carbocycles. The third kappa shape index (κ3) is 6.48. The van der Waals surface area contributed by atoms with E-state index >= 15 is 0 Å². The Kier molecular flexibility index (Phi) is 7.88. The fourth-order valence-corrected chi connectivity index (χ4v) is 5.86. The molecule has 2 aromatic rings. The molecular formula is C25H33N3O4S. The SMILES string of the molecule is O=C(NCc1ccc(OC2CCCC2)cc1)NCc1ccc(S(=O)(=O)N2CCCCC2)cc1. The highest BCUT2D eigenvalue weighted by atomic mass is 32.2. The topological polar surface area (TPSA) is 87.7 Å². The largest absolute Gasteiger partial charge is 0.490 e. The number of nitrogens with zero attached hydrogens (tertiary/aromatic N) is 1. The van der Waals surface area contributed by atoms with Gasteiger partial charge in [0, 0.05) is 26.2 Å². The molecule has 1 aliphatic carbocycles. The summed E-state index contributed by atoms with van der Waals surface area (Å²) in [7, 11) is -3.43. The molecule has 0 radical (unpaired) electrons. The van der Waals surface area contributed by atoms with Gasteiger partial charge < -0.3 is 15.4 Å². The Morgan fingerprint density at radius 1 is 0.818 bits per heavy atom. The summed E-state index contributed by atoms with van der Waals surface area (Å²) in [6.45, 7) is 1.91. The minimum absolute atomic E-state index is 0.272. The lowest BCUT2D eigenvalue weighted by Gasteiger charge is -2.25. The van der Waals surface area contributed by atoms with Crippen molar-refractivity contribution in [2.75, 3.05) is 13.1 Å². The molecule has 0 bridgehead atoms. The molecule has 33 heavy (non-hydrogen) atoms. The average molecular weight is 472 g/mol. The van der Waals surface area contributed by atoms with Gasteiger partial charge in [-0.3, -0.25) is 0 Å². The maximum Gasteiger partial charge on any atom is 0.315 e. The zero-order valence-corrected chi connectivity index (χ0v) is 19.8. The van der Waals surface area contributed by atoms with E-state index in [0.29, 0.717) is 37.2 Å². The lowest BCUT2D eigenvalue weighted by atomic mass is 10.2. The third-order valence-corrected chi connectivity index (χ3v) is 8.22. The van der Waals surface area contributed by atoms with Crippen molar-refractivity contribution in [1.82, 2.24) is 14.9 Å². The molecule has 0 atom stereocenters. The van der Waals surface area contributed by atoms with Crippen LogP contribution in [0.4, 0.5) is 4.79 Å². The van der Waals surface area contributed by atoms with Crippen LogP contribution >= 0.6 is 0 Å². The van der Waals surface area contributed by atoms with Crippen LogP contribution in [0.2, 0.25) is 0 Å². The number of sulfonamides is 1. The maximum atomic E-state index is 12.7. The maximum absolute atomic E-state index is 12.7. The number of rotatable bonds is 8. The van der Waals surface area contributed by atoms with Crippen molar-refractivity contribution < 1.29 is 17.9 Å². The Morgan fingerprint density at radius 3 is 1.94 bits per heavy atom. The first-order valence-electron chi connectivity index (χ1n) is 11.9. The van der Waals surface area contributed by atoms with Crippen LogP contribution in [0.1, 0.15) is 56.1 Å². The molecule has 1 aliphatic heterocycles. The minimum atomic E-state index is -3.43. The van der Waals surface area contributed by atoms with Crippen LogP contribution in [0.5, 0.6) is 5.75 Å². The van der Waals surface area contributed by atoms with Crippen molar-refractivity contribution in [1.29, 1.82) is 0 Å². The van der Waals surface area contributed by atoms with E-state index in [4.69, 9.17) is 4.74 Å². The Bertz CT molecular complexity index is 1010. The molecule has 4 rings (SSSR count). The van der Waals surface area contributed by atoms with Gasteiger partial charge in [0.15, 0.2) is 0 Å². The van der Waals surface area contributed by atoms with Crippen LogP contribution in [0.25, 0.3) is 0 Å².